The molecule has 106 valence electrons. The predicted molar refractivity (Wildman–Crippen MR) is 87.2 cm³/mol. The van der Waals surface area contributed by atoms with E-state index in [-0.39, 0.29) is 6.04 Å². The highest BCUT2D eigenvalue weighted by molar-refractivity contribution is 7.09. The third kappa shape index (κ3) is 3.17. The van der Waals surface area contributed by atoms with Gasteiger partial charge in [-0.3, -0.25) is 4.98 Å². The van der Waals surface area contributed by atoms with Crippen LogP contribution in [0.4, 0.5) is 0 Å². The van der Waals surface area contributed by atoms with Gasteiger partial charge in [0.1, 0.15) is 0 Å². The number of nitrogens with zero attached hydrogens (tertiary/aromatic N) is 2. The monoisotopic (exact) mass is 295 g/mol. The third-order valence-electron chi connectivity index (χ3n) is 3.46. The van der Waals surface area contributed by atoms with Crippen LogP contribution < -0.4 is 5.73 Å². The van der Waals surface area contributed by atoms with E-state index in [9.17, 15) is 0 Å². The minimum Gasteiger partial charge on any atom is -0.324 e. The molecule has 2 heterocycles. The van der Waals surface area contributed by atoms with Crippen molar-refractivity contribution in [3.63, 3.8) is 0 Å². The van der Waals surface area contributed by atoms with E-state index < -0.39 is 0 Å². The maximum Gasteiger partial charge on any atom is 0.0951 e. The van der Waals surface area contributed by atoms with Crippen LogP contribution in [-0.2, 0) is 6.42 Å². The Balaban J connectivity index is 1.77. The van der Waals surface area contributed by atoms with Crippen LogP contribution in [0, 0.1) is 6.92 Å². The molecule has 21 heavy (non-hydrogen) atoms. The molecule has 0 fully saturated rings. The number of thiazole rings is 1. The topological polar surface area (TPSA) is 51.8 Å². The molecule has 3 aromatic rings. The van der Waals surface area contributed by atoms with Crippen molar-refractivity contribution in [1.82, 2.24) is 9.97 Å². The average molecular weight is 295 g/mol. The number of benzene rings is 1. The number of nitrogens with two attached hydrogens (primary N) is 1. The summed E-state index contributed by atoms with van der Waals surface area (Å²) < 4.78 is 0. The van der Waals surface area contributed by atoms with Crippen molar-refractivity contribution in [2.45, 2.75) is 19.4 Å². The second-order valence-electron chi connectivity index (χ2n) is 4.98. The number of hydrogen-bond acceptors (Lipinski definition) is 4. The molecular formula is C17H17N3S. The van der Waals surface area contributed by atoms with Gasteiger partial charge in [0.05, 0.1) is 10.7 Å². The Bertz CT molecular complexity index is 722. The molecule has 0 aliphatic carbocycles. The van der Waals surface area contributed by atoms with Gasteiger partial charge in [0.25, 0.3) is 0 Å². The van der Waals surface area contributed by atoms with Gasteiger partial charge in [0, 0.05) is 35.3 Å². The molecule has 4 heteroatoms. The summed E-state index contributed by atoms with van der Waals surface area (Å²) >= 11 is 1.66. The number of hydrogen-bond donors (Lipinski definition) is 1. The minimum atomic E-state index is -0.0616. The highest BCUT2D eigenvalue weighted by atomic mass is 32.1. The molecule has 1 atom stereocenters. The Kier molecular flexibility index (Phi) is 4.08. The van der Waals surface area contributed by atoms with Gasteiger partial charge < -0.3 is 5.73 Å². The fraction of sp³-hybridized carbons (Fsp3) is 0.176. The zero-order valence-corrected chi connectivity index (χ0v) is 12.7. The van der Waals surface area contributed by atoms with E-state index in [0.717, 1.165) is 33.9 Å². The van der Waals surface area contributed by atoms with E-state index in [4.69, 9.17) is 10.7 Å². The number of aryl methyl sites for hydroxylation is 1. The Morgan fingerprint density at radius 2 is 1.95 bits per heavy atom. The summed E-state index contributed by atoms with van der Waals surface area (Å²) in [6.45, 7) is 1.99. The number of pyridine rings is 1. The lowest BCUT2D eigenvalue weighted by atomic mass is 10.0. The number of aromatic nitrogens is 2. The van der Waals surface area contributed by atoms with Crippen LogP contribution in [-0.4, -0.2) is 9.97 Å². The van der Waals surface area contributed by atoms with Gasteiger partial charge in [0.15, 0.2) is 0 Å². The van der Waals surface area contributed by atoms with Crippen molar-refractivity contribution in [3.8, 4) is 11.3 Å². The first-order valence-corrected chi connectivity index (χ1v) is 7.79. The Morgan fingerprint density at radius 3 is 2.71 bits per heavy atom. The summed E-state index contributed by atoms with van der Waals surface area (Å²) in [6, 6.07) is 14.1. The number of rotatable bonds is 4. The molecule has 3 rings (SSSR count). The first-order valence-electron chi connectivity index (χ1n) is 6.91. The van der Waals surface area contributed by atoms with Crippen LogP contribution in [0.3, 0.4) is 0 Å². The largest absolute Gasteiger partial charge is 0.324 e. The second kappa shape index (κ2) is 6.16. The molecule has 0 radical (unpaired) electrons. The molecule has 0 spiro atoms. The molecule has 0 amide bonds. The summed E-state index contributed by atoms with van der Waals surface area (Å²) in [5.74, 6) is 0. The molecule has 0 aliphatic heterocycles. The molecule has 2 aromatic heterocycles. The zero-order valence-electron chi connectivity index (χ0n) is 11.9. The van der Waals surface area contributed by atoms with Crippen molar-refractivity contribution in [2.75, 3.05) is 0 Å². The van der Waals surface area contributed by atoms with Gasteiger partial charge >= 0.3 is 0 Å². The predicted octanol–water partition coefficient (Wildman–Crippen LogP) is 3.76. The third-order valence-corrected chi connectivity index (χ3v) is 4.33. The normalized spacial score (nSPS) is 12.3. The second-order valence-corrected chi connectivity index (χ2v) is 5.92. The van der Waals surface area contributed by atoms with Gasteiger partial charge in [-0.15, -0.1) is 11.3 Å². The summed E-state index contributed by atoms with van der Waals surface area (Å²) in [5, 5.41) is 3.15. The molecule has 3 nitrogen and oxygen atoms in total. The van der Waals surface area contributed by atoms with Gasteiger partial charge in [-0.1, -0.05) is 36.4 Å². The van der Waals surface area contributed by atoms with Crippen molar-refractivity contribution in [3.05, 3.63) is 70.3 Å². The van der Waals surface area contributed by atoms with Gasteiger partial charge in [-0.05, 0) is 18.6 Å². The fourth-order valence-corrected chi connectivity index (χ4v) is 3.20. The summed E-state index contributed by atoms with van der Waals surface area (Å²) in [6.07, 6.45) is 2.53. The van der Waals surface area contributed by atoms with Crippen LogP contribution in [0.2, 0.25) is 0 Å². The van der Waals surface area contributed by atoms with E-state index in [2.05, 4.69) is 22.5 Å². The Labute approximate surface area is 128 Å². The minimum absolute atomic E-state index is 0.0616. The van der Waals surface area contributed by atoms with E-state index >= 15 is 0 Å². The van der Waals surface area contributed by atoms with Gasteiger partial charge in [-0.25, -0.2) is 4.98 Å². The molecule has 0 aliphatic rings. The van der Waals surface area contributed by atoms with Crippen molar-refractivity contribution < 1.29 is 0 Å². The molecule has 0 saturated heterocycles. The smallest absolute Gasteiger partial charge is 0.0951 e. The molecule has 1 aromatic carbocycles. The lowest BCUT2D eigenvalue weighted by Gasteiger charge is -2.12. The SMILES string of the molecule is Cc1ncccc1C(N)Cc1nc(-c2ccccc2)cs1. The lowest BCUT2D eigenvalue weighted by Crippen LogP contribution is -2.15. The van der Waals surface area contributed by atoms with Crippen molar-refractivity contribution in [1.29, 1.82) is 0 Å². The standard InChI is InChI=1S/C17H17N3S/c1-12-14(8-5-9-19-12)15(18)10-17-20-16(11-21-17)13-6-3-2-4-7-13/h2-9,11,15H,10,18H2,1H3. The highest BCUT2D eigenvalue weighted by Crippen LogP contribution is 2.25. The Morgan fingerprint density at radius 1 is 1.14 bits per heavy atom. The first-order chi connectivity index (χ1) is 10.2. The summed E-state index contributed by atoms with van der Waals surface area (Å²) in [4.78, 5) is 8.99. The van der Waals surface area contributed by atoms with Gasteiger partial charge in [-0.2, -0.15) is 0 Å². The molecule has 1 unspecified atom stereocenters. The molecular weight excluding hydrogens is 278 g/mol. The van der Waals surface area contributed by atoms with E-state index in [0.29, 0.717) is 0 Å². The molecule has 0 bridgehead atoms. The van der Waals surface area contributed by atoms with Crippen LogP contribution in [0.1, 0.15) is 22.3 Å². The highest BCUT2D eigenvalue weighted by Gasteiger charge is 2.13. The van der Waals surface area contributed by atoms with Crippen molar-refractivity contribution >= 4 is 11.3 Å². The van der Waals surface area contributed by atoms with E-state index in [1.165, 1.54) is 0 Å². The maximum atomic E-state index is 6.30. The van der Waals surface area contributed by atoms with Crippen LogP contribution >= 0.6 is 11.3 Å². The van der Waals surface area contributed by atoms with Crippen LogP contribution in [0.15, 0.2) is 54.0 Å². The quantitative estimate of drug-likeness (QED) is 0.797. The zero-order chi connectivity index (χ0) is 14.7. The lowest BCUT2D eigenvalue weighted by molar-refractivity contribution is 0.707. The van der Waals surface area contributed by atoms with Gasteiger partial charge in [0.2, 0.25) is 0 Å². The fourth-order valence-electron chi connectivity index (χ4n) is 2.33. The van der Waals surface area contributed by atoms with Crippen LogP contribution in [0.25, 0.3) is 11.3 Å². The molecule has 0 saturated carbocycles. The maximum absolute atomic E-state index is 6.30. The van der Waals surface area contributed by atoms with E-state index in [1.807, 2.05) is 37.3 Å². The summed E-state index contributed by atoms with van der Waals surface area (Å²) in [5.41, 5.74) is 10.5. The van der Waals surface area contributed by atoms with Crippen molar-refractivity contribution in [2.24, 2.45) is 5.73 Å². The molecule has 2 N–H and O–H groups in total. The van der Waals surface area contributed by atoms with E-state index in [1.54, 1.807) is 17.5 Å². The Hall–Kier alpha value is -2.04. The van der Waals surface area contributed by atoms with Crippen LogP contribution in [0.5, 0.6) is 0 Å². The summed E-state index contributed by atoms with van der Waals surface area (Å²) in [7, 11) is 0. The average Bonchev–Trinajstić information content (AvgIpc) is 2.97. The first kappa shape index (κ1) is 13.9.